The number of halogens is 2. The lowest BCUT2D eigenvalue weighted by Crippen LogP contribution is -2.22. The molecule has 62 valence electrons. The number of hydrogen-bond acceptors (Lipinski definition) is 3. The lowest BCUT2D eigenvalue weighted by Gasteiger charge is -2.10. The molecular weight excluding hydrogens is 169 g/mol. The summed E-state index contributed by atoms with van der Waals surface area (Å²) in [4.78, 5) is 0. The van der Waals surface area contributed by atoms with Crippen molar-refractivity contribution >= 4 is 16.8 Å². The van der Waals surface area contributed by atoms with Gasteiger partial charge in [-0.15, -0.1) is 0 Å². The van der Waals surface area contributed by atoms with Crippen LogP contribution in [0, 0.1) is 5.92 Å². The summed E-state index contributed by atoms with van der Waals surface area (Å²) < 4.78 is 12.0. The second-order valence-electron chi connectivity index (χ2n) is 2.36. The molecule has 3 nitrogen and oxygen atoms in total. The minimum atomic E-state index is -0.639. The van der Waals surface area contributed by atoms with Crippen molar-refractivity contribution in [2.24, 2.45) is 16.8 Å². The molecule has 1 rings (SSSR count). The fourth-order valence-corrected chi connectivity index (χ4v) is 1.19. The normalized spacial score (nSPS) is 23.6. The quantitative estimate of drug-likeness (QED) is 0.636. The highest BCUT2D eigenvalue weighted by Crippen LogP contribution is 2.19. The van der Waals surface area contributed by atoms with Gasteiger partial charge in [0, 0.05) is 5.70 Å². The van der Waals surface area contributed by atoms with Gasteiger partial charge >= 0.3 is 0 Å². The maximum absolute atomic E-state index is 12.0. The van der Waals surface area contributed by atoms with E-state index in [0.29, 0.717) is 17.4 Å². The minimum Gasteiger partial charge on any atom is -0.402 e. The van der Waals surface area contributed by atoms with E-state index in [2.05, 4.69) is 11.7 Å². The molecule has 0 aliphatic carbocycles. The Morgan fingerprint density at radius 3 is 2.91 bits per heavy atom. The van der Waals surface area contributed by atoms with Crippen molar-refractivity contribution < 1.29 is 4.39 Å². The van der Waals surface area contributed by atoms with Crippen LogP contribution >= 0.6 is 11.6 Å². The molecule has 1 heterocycles. The first-order valence-corrected chi connectivity index (χ1v) is 3.52. The molecule has 1 aliphatic rings. The highest BCUT2D eigenvalue weighted by molar-refractivity contribution is 6.66. The number of nitrogens with zero attached hydrogens (tertiary/aromatic N) is 2. The zero-order valence-electron chi connectivity index (χ0n) is 5.93. The third-order valence-corrected chi connectivity index (χ3v) is 1.84. The van der Waals surface area contributed by atoms with Gasteiger partial charge < -0.3 is 5.73 Å². The standard InChI is InChI=1S/C6H9ClFN3/c1-4(9)5-2-11(3-8)10-6(5)7/h5H,1-3,9H2. The molecule has 0 aromatic rings. The van der Waals surface area contributed by atoms with E-state index >= 15 is 0 Å². The molecule has 0 radical (unpaired) electrons. The largest absolute Gasteiger partial charge is 0.402 e. The minimum absolute atomic E-state index is 0.201. The van der Waals surface area contributed by atoms with Crippen LogP contribution in [0.15, 0.2) is 17.4 Å². The molecule has 0 saturated heterocycles. The van der Waals surface area contributed by atoms with Crippen LogP contribution in [0.1, 0.15) is 0 Å². The van der Waals surface area contributed by atoms with Crippen LogP contribution in [0.25, 0.3) is 0 Å². The van der Waals surface area contributed by atoms with E-state index in [-0.39, 0.29) is 5.92 Å². The van der Waals surface area contributed by atoms with Gasteiger partial charge in [-0.05, 0) is 0 Å². The molecule has 0 bridgehead atoms. The topological polar surface area (TPSA) is 41.6 Å². The van der Waals surface area contributed by atoms with Crippen molar-refractivity contribution in [3.05, 3.63) is 12.3 Å². The number of hydrogen-bond donors (Lipinski definition) is 1. The summed E-state index contributed by atoms with van der Waals surface area (Å²) in [5, 5.41) is 5.24. The Morgan fingerprint density at radius 1 is 2.00 bits per heavy atom. The van der Waals surface area contributed by atoms with E-state index in [1.807, 2.05) is 0 Å². The highest BCUT2D eigenvalue weighted by Gasteiger charge is 2.25. The van der Waals surface area contributed by atoms with Crippen LogP contribution in [-0.2, 0) is 0 Å². The molecular formula is C6H9ClFN3. The Morgan fingerprint density at radius 2 is 2.64 bits per heavy atom. The summed E-state index contributed by atoms with van der Waals surface area (Å²) in [5.41, 5.74) is 5.82. The Bertz CT molecular complexity index is 204. The van der Waals surface area contributed by atoms with Gasteiger partial charge in [0.2, 0.25) is 0 Å². The van der Waals surface area contributed by atoms with Gasteiger partial charge in [0.15, 0.2) is 6.80 Å². The summed E-state index contributed by atoms with van der Waals surface area (Å²) in [7, 11) is 0. The third kappa shape index (κ3) is 1.63. The molecule has 1 unspecified atom stereocenters. The number of hydrazone groups is 1. The van der Waals surface area contributed by atoms with Crippen molar-refractivity contribution in [2.45, 2.75) is 0 Å². The van der Waals surface area contributed by atoms with Gasteiger partial charge in [0.25, 0.3) is 0 Å². The summed E-state index contributed by atoms with van der Waals surface area (Å²) in [6.07, 6.45) is 0. The second-order valence-corrected chi connectivity index (χ2v) is 2.75. The van der Waals surface area contributed by atoms with Gasteiger partial charge in [-0.2, -0.15) is 5.10 Å². The van der Waals surface area contributed by atoms with Crippen molar-refractivity contribution in [3.63, 3.8) is 0 Å². The summed E-state index contributed by atoms with van der Waals surface area (Å²) in [6.45, 7) is 3.27. The Balaban J connectivity index is 2.64. The van der Waals surface area contributed by atoms with E-state index in [0.717, 1.165) is 0 Å². The zero-order chi connectivity index (χ0) is 8.43. The van der Waals surface area contributed by atoms with Crippen molar-refractivity contribution in [3.8, 4) is 0 Å². The van der Waals surface area contributed by atoms with Crippen LogP contribution in [0.2, 0.25) is 0 Å². The smallest absolute Gasteiger partial charge is 0.177 e. The second kappa shape index (κ2) is 3.09. The molecule has 0 aromatic carbocycles. The van der Waals surface area contributed by atoms with Gasteiger partial charge in [-0.25, -0.2) is 4.39 Å². The lowest BCUT2D eigenvalue weighted by molar-refractivity contribution is 0.203. The van der Waals surface area contributed by atoms with E-state index in [9.17, 15) is 4.39 Å². The molecule has 0 fully saturated rings. The molecule has 5 heteroatoms. The maximum atomic E-state index is 12.0. The Hall–Kier alpha value is -0.770. The molecule has 0 amide bonds. The van der Waals surface area contributed by atoms with Gasteiger partial charge in [-0.3, -0.25) is 5.01 Å². The summed E-state index contributed by atoms with van der Waals surface area (Å²) in [5.74, 6) is -0.201. The van der Waals surface area contributed by atoms with Crippen LogP contribution in [0.3, 0.4) is 0 Å². The van der Waals surface area contributed by atoms with Gasteiger partial charge in [-0.1, -0.05) is 18.2 Å². The first-order valence-electron chi connectivity index (χ1n) is 3.14. The average molecular weight is 178 g/mol. The van der Waals surface area contributed by atoms with Crippen LogP contribution in [0.4, 0.5) is 4.39 Å². The van der Waals surface area contributed by atoms with E-state index in [1.165, 1.54) is 5.01 Å². The van der Waals surface area contributed by atoms with E-state index in [1.54, 1.807) is 0 Å². The van der Waals surface area contributed by atoms with Crippen molar-refractivity contribution in [2.75, 3.05) is 13.3 Å². The third-order valence-electron chi connectivity index (χ3n) is 1.50. The molecule has 0 spiro atoms. The molecule has 11 heavy (non-hydrogen) atoms. The lowest BCUT2D eigenvalue weighted by atomic mass is 10.1. The van der Waals surface area contributed by atoms with E-state index in [4.69, 9.17) is 17.3 Å². The number of nitrogens with two attached hydrogens (primary N) is 1. The van der Waals surface area contributed by atoms with Crippen molar-refractivity contribution in [1.29, 1.82) is 0 Å². The molecule has 0 saturated carbocycles. The van der Waals surface area contributed by atoms with Gasteiger partial charge in [0.05, 0.1) is 12.5 Å². The molecule has 2 N–H and O–H groups in total. The van der Waals surface area contributed by atoms with Crippen LogP contribution < -0.4 is 5.73 Å². The predicted molar refractivity (Wildman–Crippen MR) is 42.8 cm³/mol. The number of rotatable bonds is 2. The molecule has 1 atom stereocenters. The van der Waals surface area contributed by atoms with E-state index < -0.39 is 6.80 Å². The first kappa shape index (κ1) is 8.33. The summed E-state index contributed by atoms with van der Waals surface area (Å²) in [6, 6.07) is 0. The SMILES string of the molecule is C=C(N)C1CN(CF)N=C1Cl. The Labute approximate surface area is 69.3 Å². The molecule has 1 aliphatic heterocycles. The number of alkyl halides is 1. The fraction of sp³-hybridized carbons (Fsp3) is 0.500. The highest BCUT2D eigenvalue weighted by atomic mass is 35.5. The molecule has 0 aromatic heterocycles. The van der Waals surface area contributed by atoms with Gasteiger partial charge in [0.1, 0.15) is 5.17 Å². The maximum Gasteiger partial charge on any atom is 0.177 e. The summed E-state index contributed by atoms with van der Waals surface area (Å²) >= 11 is 5.65. The Kier molecular flexibility index (Phi) is 2.34. The first-order chi connectivity index (χ1) is 5.15. The monoisotopic (exact) mass is 177 g/mol. The van der Waals surface area contributed by atoms with Crippen LogP contribution in [-0.4, -0.2) is 23.5 Å². The zero-order valence-corrected chi connectivity index (χ0v) is 6.68. The fourth-order valence-electron chi connectivity index (χ4n) is 0.877. The predicted octanol–water partition coefficient (Wildman–Crippen LogP) is 0.870. The average Bonchev–Trinajstić information content (AvgIpc) is 2.30. The van der Waals surface area contributed by atoms with Crippen LogP contribution in [0.5, 0.6) is 0 Å². The van der Waals surface area contributed by atoms with Crippen molar-refractivity contribution in [1.82, 2.24) is 5.01 Å².